The Labute approximate surface area is 227 Å². The summed E-state index contributed by atoms with van der Waals surface area (Å²) in [5.74, 6) is 2.07. The molecule has 9 heteroatoms. The van der Waals surface area contributed by atoms with Crippen molar-refractivity contribution < 1.29 is 0 Å². The lowest BCUT2D eigenvalue weighted by molar-refractivity contribution is 0.818. The average Bonchev–Trinajstić information content (AvgIpc) is 3.58. The Morgan fingerprint density at radius 1 is 0.974 bits per heavy atom. The summed E-state index contributed by atoms with van der Waals surface area (Å²) in [6.45, 7) is 4.35. The van der Waals surface area contributed by atoms with Crippen LogP contribution in [0.25, 0.3) is 38.4 Å². The first-order chi connectivity index (χ1) is 18.6. The molecule has 0 saturated heterocycles. The molecule has 7 nitrogen and oxygen atoms in total. The van der Waals surface area contributed by atoms with E-state index in [0.29, 0.717) is 22.9 Å². The molecule has 0 spiro atoms. The van der Waals surface area contributed by atoms with E-state index in [0.717, 1.165) is 38.2 Å². The Bertz CT molecular complexity index is 1770. The maximum atomic E-state index is 13.1. The van der Waals surface area contributed by atoms with Crippen LogP contribution < -0.4 is 5.56 Å². The number of nitrogens with one attached hydrogen (secondary N) is 1. The lowest BCUT2D eigenvalue weighted by atomic mass is 10.0. The van der Waals surface area contributed by atoms with Crippen LogP contribution in [0, 0.1) is 0 Å². The van der Waals surface area contributed by atoms with Gasteiger partial charge in [-0.25, -0.2) is 4.98 Å². The summed E-state index contributed by atoms with van der Waals surface area (Å²) in [4.78, 5) is 25.9. The second-order valence-corrected chi connectivity index (χ2v) is 10.9. The number of aromatic amines is 1. The molecule has 6 aromatic rings. The first-order valence-electron chi connectivity index (χ1n) is 12.2. The number of benzene rings is 2. The second kappa shape index (κ2) is 10.4. The van der Waals surface area contributed by atoms with Gasteiger partial charge in [-0.05, 0) is 35.2 Å². The van der Waals surface area contributed by atoms with Gasteiger partial charge in [0.1, 0.15) is 10.7 Å². The van der Waals surface area contributed by atoms with E-state index in [1.807, 2.05) is 60.0 Å². The van der Waals surface area contributed by atoms with Crippen LogP contribution in [0.15, 0.2) is 94.5 Å². The Morgan fingerprint density at radius 2 is 1.76 bits per heavy atom. The van der Waals surface area contributed by atoms with E-state index in [4.69, 9.17) is 4.98 Å². The first-order valence-corrected chi connectivity index (χ1v) is 14.1. The molecule has 4 aromatic heterocycles. The fraction of sp³-hybridized carbons (Fsp3) is 0.138. The van der Waals surface area contributed by atoms with Crippen molar-refractivity contribution in [2.24, 2.45) is 0 Å². The van der Waals surface area contributed by atoms with Crippen LogP contribution in [0.4, 0.5) is 0 Å². The summed E-state index contributed by atoms with van der Waals surface area (Å²) in [6, 6.07) is 22.1. The highest BCUT2D eigenvalue weighted by Crippen LogP contribution is 2.34. The standard InChI is InChI=1S/C29H24N6OS2/c1-18(2)21-12-6-7-13-23(21)35-26(20-11-8-14-30-15-20)33-34-29(35)38-17-24-31-27(36)25-22(16-37-28(25)32-24)19-9-4-3-5-10-19/h3-16,18H,17H2,1-2H3,(H,31,32,36). The van der Waals surface area contributed by atoms with Crippen LogP contribution in [-0.2, 0) is 5.75 Å². The van der Waals surface area contributed by atoms with E-state index < -0.39 is 0 Å². The molecule has 0 saturated carbocycles. The number of H-pyrrole nitrogens is 1. The van der Waals surface area contributed by atoms with Crippen LogP contribution >= 0.6 is 23.1 Å². The third kappa shape index (κ3) is 4.55. The molecule has 2 aromatic carbocycles. The molecule has 0 aliphatic heterocycles. The van der Waals surface area contributed by atoms with E-state index in [9.17, 15) is 4.79 Å². The zero-order valence-corrected chi connectivity index (χ0v) is 22.5. The normalized spacial score (nSPS) is 11.4. The zero-order chi connectivity index (χ0) is 26.1. The van der Waals surface area contributed by atoms with E-state index in [1.165, 1.54) is 28.7 Å². The van der Waals surface area contributed by atoms with Crippen molar-refractivity contribution in [1.82, 2.24) is 29.7 Å². The molecule has 4 heterocycles. The minimum Gasteiger partial charge on any atom is -0.309 e. The monoisotopic (exact) mass is 536 g/mol. The highest BCUT2D eigenvalue weighted by Gasteiger charge is 2.20. The number of hydrogen-bond donors (Lipinski definition) is 1. The number of rotatable bonds is 7. The van der Waals surface area contributed by atoms with Gasteiger partial charge in [0.25, 0.3) is 5.56 Å². The van der Waals surface area contributed by atoms with Gasteiger partial charge >= 0.3 is 0 Å². The topological polar surface area (TPSA) is 89.4 Å². The van der Waals surface area contributed by atoms with Crippen molar-refractivity contribution in [2.45, 2.75) is 30.7 Å². The van der Waals surface area contributed by atoms with Gasteiger partial charge in [0.05, 0.1) is 16.8 Å². The molecule has 0 unspecified atom stereocenters. The summed E-state index contributed by atoms with van der Waals surface area (Å²) in [5, 5.41) is 12.4. The minimum atomic E-state index is -0.131. The highest BCUT2D eigenvalue weighted by molar-refractivity contribution is 7.98. The van der Waals surface area contributed by atoms with Gasteiger partial charge in [-0.1, -0.05) is 74.1 Å². The molecule has 0 aliphatic rings. The van der Waals surface area contributed by atoms with Crippen LogP contribution in [0.3, 0.4) is 0 Å². The number of pyridine rings is 1. The predicted molar refractivity (Wildman–Crippen MR) is 154 cm³/mol. The zero-order valence-electron chi connectivity index (χ0n) is 20.8. The molecular formula is C29H24N6OS2. The van der Waals surface area contributed by atoms with Crippen molar-refractivity contribution in [2.75, 3.05) is 0 Å². The van der Waals surface area contributed by atoms with Gasteiger partial charge in [-0.3, -0.25) is 14.3 Å². The minimum absolute atomic E-state index is 0.131. The number of para-hydroxylation sites is 1. The lowest BCUT2D eigenvalue weighted by Gasteiger charge is -2.16. The van der Waals surface area contributed by atoms with Crippen LogP contribution in [-0.4, -0.2) is 29.7 Å². The van der Waals surface area contributed by atoms with Gasteiger partial charge in [0, 0.05) is 28.9 Å². The number of fused-ring (bicyclic) bond motifs is 1. The molecule has 0 fully saturated rings. The molecule has 1 N–H and O–H groups in total. The maximum Gasteiger partial charge on any atom is 0.260 e. The van der Waals surface area contributed by atoms with Gasteiger partial charge < -0.3 is 4.98 Å². The molecular weight excluding hydrogens is 512 g/mol. The maximum absolute atomic E-state index is 13.1. The summed E-state index contributed by atoms with van der Waals surface area (Å²) in [5.41, 5.74) is 4.88. The molecule has 188 valence electrons. The number of nitrogens with zero attached hydrogens (tertiary/aromatic N) is 5. The molecule has 38 heavy (non-hydrogen) atoms. The fourth-order valence-electron chi connectivity index (χ4n) is 4.47. The van der Waals surface area contributed by atoms with E-state index >= 15 is 0 Å². The van der Waals surface area contributed by atoms with Crippen molar-refractivity contribution in [1.29, 1.82) is 0 Å². The first kappa shape index (κ1) is 24.3. The summed E-state index contributed by atoms with van der Waals surface area (Å²) in [7, 11) is 0. The largest absolute Gasteiger partial charge is 0.309 e. The molecule has 0 aliphatic carbocycles. The quantitative estimate of drug-likeness (QED) is 0.228. The Balaban J connectivity index is 1.38. The van der Waals surface area contributed by atoms with Gasteiger partial charge in [0.2, 0.25) is 0 Å². The van der Waals surface area contributed by atoms with Gasteiger partial charge in [-0.2, -0.15) is 0 Å². The van der Waals surface area contributed by atoms with Crippen LogP contribution in [0.1, 0.15) is 31.2 Å². The number of aromatic nitrogens is 6. The van der Waals surface area contributed by atoms with Crippen molar-refractivity contribution in [3.8, 4) is 28.2 Å². The Morgan fingerprint density at radius 3 is 2.55 bits per heavy atom. The molecule has 0 radical (unpaired) electrons. The molecule has 0 bridgehead atoms. The van der Waals surface area contributed by atoms with Crippen LogP contribution in [0.5, 0.6) is 0 Å². The smallest absolute Gasteiger partial charge is 0.260 e. The van der Waals surface area contributed by atoms with Crippen molar-refractivity contribution in [3.05, 3.63) is 106 Å². The average molecular weight is 537 g/mol. The van der Waals surface area contributed by atoms with E-state index in [2.05, 4.69) is 50.7 Å². The number of thiophene rings is 1. The molecule has 0 atom stereocenters. The van der Waals surface area contributed by atoms with Crippen molar-refractivity contribution >= 4 is 33.3 Å². The lowest BCUT2D eigenvalue weighted by Crippen LogP contribution is -2.11. The van der Waals surface area contributed by atoms with Crippen LogP contribution in [0.2, 0.25) is 0 Å². The predicted octanol–water partition coefficient (Wildman–Crippen LogP) is 6.71. The SMILES string of the molecule is CC(C)c1ccccc1-n1c(SCc2nc3scc(-c4ccccc4)c3c(=O)[nH]2)nnc1-c1cccnc1. The molecule has 0 amide bonds. The van der Waals surface area contributed by atoms with Gasteiger partial charge in [0.15, 0.2) is 11.0 Å². The Hall–Kier alpha value is -4.08. The van der Waals surface area contributed by atoms with Crippen molar-refractivity contribution in [3.63, 3.8) is 0 Å². The third-order valence-electron chi connectivity index (χ3n) is 6.27. The van der Waals surface area contributed by atoms with E-state index in [-0.39, 0.29) is 5.56 Å². The fourth-order valence-corrected chi connectivity index (χ4v) is 6.25. The molecule has 6 rings (SSSR count). The van der Waals surface area contributed by atoms with Gasteiger partial charge in [-0.15, -0.1) is 21.5 Å². The number of thioether (sulfide) groups is 1. The summed E-state index contributed by atoms with van der Waals surface area (Å²) in [6.07, 6.45) is 3.54. The second-order valence-electron chi connectivity index (χ2n) is 9.09. The number of hydrogen-bond acceptors (Lipinski definition) is 7. The highest BCUT2D eigenvalue weighted by atomic mass is 32.2. The van der Waals surface area contributed by atoms with E-state index in [1.54, 1.807) is 12.4 Å². The Kier molecular flexibility index (Phi) is 6.61. The summed E-state index contributed by atoms with van der Waals surface area (Å²) >= 11 is 2.98. The summed E-state index contributed by atoms with van der Waals surface area (Å²) < 4.78 is 2.08. The third-order valence-corrected chi connectivity index (χ3v) is 8.08.